The lowest BCUT2D eigenvalue weighted by atomic mass is 9.95. The van der Waals surface area contributed by atoms with E-state index in [1.165, 1.54) is 19.9 Å². The highest BCUT2D eigenvalue weighted by atomic mass is 16.6. The van der Waals surface area contributed by atoms with Gasteiger partial charge in [0.1, 0.15) is 28.7 Å². The normalized spacial score (nSPS) is 10.1. The molecule has 0 saturated heterocycles. The van der Waals surface area contributed by atoms with Crippen LogP contribution in [-0.4, -0.2) is 41.8 Å². The monoisotopic (exact) mass is 1110 g/mol. The first kappa shape index (κ1) is 64.3. The highest BCUT2D eigenvalue weighted by Gasteiger charge is 2.19. The maximum Gasteiger partial charge on any atom is 0.338 e. The number of rotatable bonds is 17. The molecule has 422 valence electrons. The molecule has 0 aliphatic rings. The van der Waals surface area contributed by atoms with Crippen LogP contribution in [0.1, 0.15) is 70.7 Å². The molecule has 0 N–H and O–H groups in total. The van der Waals surface area contributed by atoms with E-state index in [0.717, 1.165) is 50.1 Å². The van der Waals surface area contributed by atoms with Crippen LogP contribution in [0.2, 0.25) is 0 Å². The fraction of sp³-hybridized carbons (Fsp3) is 0.162. The first-order valence-corrected chi connectivity index (χ1v) is 25.3. The molecule has 14 heteroatoms. The van der Waals surface area contributed by atoms with Crippen molar-refractivity contribution in [1.82, 2.24) is 0 Å². The van der Waals surface area contributed by atoms with Crippen molar-refractivity contribution >= 4 is 41.8 Å². The number of hydrogen-bond acceptors (Lipinski definition) is 14. The van der Waals surface area contributed by atoms with Gasteiger partial charge in [-0.2, -0.15) is 0 Å². The maximum atomic E-state index is 12.0. The molecule has 6 rings (SSSR count). The SMILES string of the molecule is C=C(C)C(=O)Oc1ccc(-c2c(C)cc(OC(=O)C(=C)C)cc2C)cc1.C=C(C)C(=O)Oc1ccc(-c2cc(C)c(OC(=O)C(=C)C)c(C)c2)cc1.C=C(C)C(=O)Oc1ccc(-c2ccc(OC(=O)C(=C)C)c(OC(=O)C(=C)C)c2)cc1. The third-order valence-corrected chi connectivity index (χ3v) is 11.3. The van der Waals surface area contributed by atoms with Crippen molar-refractivity contribution in [1.29, 1.82) is 0 Å². The Morgan fingerprint density at radius 2 is 0.549 bits per heavy atom. The van der Waals surface area contributed by atoms with Gasteiger partial charge < -0.3 is 33.2 Å². The minimum absolute atomic E-state index is 0.0629. The van der Waals surface area contributed by atoms with E-state index in [9.17, 15) is 33.6 Å². The third kappa shape index (κ3) is 18.7. The molecular weight excluding hydrogens is 1040 g/mol. The van der Waals surface area contributed by atoms with Crippen LogP contribution in [0.5, 0.6) is 40.2 Å². The quantitative estimate of drug-likeness (QED) is 0.0477. The largest absolute Gasteiger partial charge is 0.423 e. The number of hydrogen-bond donors (Lipinski definition) is 0. The average molecular weight is 1110 g/mol. The lowest BCUT2D eigenvalue weighted by Crippen LogP contribution is -2.12. The van der Waals surface area contributed by atoms with Crippen molar-refractivity contribution in [2.45, 2.75) is 76.2 Å². The van der Waals surface area contributed by atoms with Crippen LogP contribution in [0.4, 0.5) is 0 Å². The van der Waals surface area contributed by atoms with E-state index in [4.69, 9.17) is 33.2 Å². The molecule has 0 aliphatic carbocycles. The second-order valence-electron chi connectivity index (χ2n) is 19.3. The van der Waals surface area contributed by atoms with Gasteiger partial charge in [0, 0.05) is 39.0 Å². The molecule has 82 heavy (non-hydrogen) atoms. The Hall–Kier alpha value is -10.2. The Labute approximate surface area is 479 Å². The van der Waals surface area contributed by atoms with Gasteiger partial charge >= 0.3 is 41.8 Å². The summed E-state index contributed by atoms with van der Waals surface area (Å²) in [5, 5.41) is 0. The summed E-state index contributed by atoms with van der Waals surface area (Å²) in [5.41, 5.74) is 11.2. The Kier molecular flexibility index (Phi) is 22.9. The molecule has 6 aromatic rings. The molecule has 0 heterocycles. The lowest BCUT2D eigenvalue weighted by Gasteiger charge is -2.14. The maximum absolute atomic E-state index is 12.0. The smallest absolute Gasteiger partial charge is 0.338 e. The van der Waals surface area contributed by atoms with Crippen LogP contribution >= 0.6 is 0 Å². The Bertz CT molecular complexity index is 3520. The number of benzene rings is 6. The van der Waals surface area contributed by atoms with Gasteiger partial charge in [0.25, 0.3) is 0 Å². The van der Waals surface area contributed by atoms with E-state index in [0.29, 0.717) is 62.2 Å². The van der Waals surface area contributed by atoms with Crippen LogP contribution in [0, 0.1) is 27.7 Å². The molecule has 0 saturated carbocycles. The Balaban J connectivity index is 0.000000265. The van der Waals surface area contributed by atoms with Gasteiger partial charge in [-0.05, 0) is 205 Å². The van der Waals surface area contributed by atoms with Crippen LogP contribution in [0.15, 0.2) is 200 Å². The van der Waals surface area contributed by atoms with E-state index in [1.807, 2.05) is 76.2 Å². The fourth-order valence-electron chi connectivity index (χ4n) is 7.02. The van der Waals surface area contributed by atoms with Gasteiger partial charge in [0.15, 0.2) is 11.5 Å². The topological polar surface area (TPSA) is 184 Å². The Morgan fingerprint density at radius 1 is 0.268 bits per heavy atom. The summed E-state index contributed by atoms with van der Waals surface area (Å²) in [7, 11) is 0. The molecule has 0 amide bonds. The molecule has 0 spiro atoms. The number of aryl methyl sites for hydroxylation is 4. The summed E-state index contributed by atoms with van der Waals surface area (Å²) >= 11 is 0. The summed E-state index contributed by atoms with van der Waals surface area (Å²) in [6.07, 6.45) is 0. The predicted octanol–water partition coefficient (Wildman–Crippen LogP) is 14.7. The molecule has 0 aliphatic heterocycles. The first-order chi connectivity index (χ1) is 38.4. The van der Waals surface area contributed by atoms with Gasteiger partial charge in [0.05, 0.1) is 0 Å². The van der Waals surface area contributed by atoms with Gasteiger partial charge in [-0.25, -0.2) is 33.6 Å². The van der Waals surface area contributed by atoms with Crippen molar-refractivity contribution in [3.63, 3.8) is 0 Å². The molecular formula is C68H66O14. The highest BCUT2D eigenvalue weighted by molar-refractivity contribution is 5.93. The molecule has 0 aromatic heterocycles. The predicted molar refractivity (Wildman–Crippen MR) is 318 cm³/mol. The zero-order valence-corrected chi connectivity index (χ0v) is 48.1. The molecule has 14 nitrogen and oxygen atoms in total. The summed E-state index contributed by atoms with van der Waals surface area (Å²) in [6.45, 7) is 43.6. The highest BCUT2D eigenvalue weighted by Crippen LogP contribution is 2.36. The molecule has 6 aromatic carbocycles. The van der Waals surface area contributed by atoms with Crippen molar-refractivity contribution in [2.24, 2.45) is 0 Å². The fourth-order valence-corrected chi connectivity index (χ4v) is 7.02. The molecule has 0 fully saturated rings. The molecule has 0 radical (unpaired) electrons. The second kappa shape index (κ2) is 29.1. The molecule has 0 atom stereocenters. The van der Waals surface area contributed by atoms with Gasteiger partial charge in [-0.1, -0.05) is 88.5 Å². The average Bonchev–Trinajstić information content (AvgIpc) is 3.62. The van der Waals surface area contributed by atoms with E-state index in [2.05, 4.69) is 46.1 Å². The third-order valence-electron chi connectivity index (χ3n) is 11.3. The van der Waals surface area contributed by atoms with Crippen molar-refractivity contribution in [3.05, 3.63) is 223 Å². The Morgan fingerprint density at radius 3 is 0.902 bits per heavy atom. The van der Waals surface area contributed by atoms with Crippen molar-refractivity contribution < 1.29 is 66.7 Å². The van der Waals surface area contributed by atoms with E-state index >= 15 is 0 Å². The lowest BCUT2D eigenvalue weighted by molar-refractivity contribution is -0.132. The van der Waals surface area contributed by atoms with Gasteiger partial charge in [-0.15, -0.1) is 0 Å². The number of carbonyl (C=O) groups is 7. The van der Waals surface area contributed by atoms with E-state index in [-0.39, 0.29) is 22.6 Å². The van der Waals surface area contributed by atoms with Crippen molar-refractivity contribution in [2.75, 3.05) is 0 Å². The van der Waals surface area contributed by atoms with Crippen LogP contribution in [0.3, 0.4) is 0 Å². The molecule has 0 bridgehead atoms. The molecule has 0 unspecified atom stereocenters. The summed E-state index contributed by atoms with van der Waals surface area (Å²) in [4.78, 5) is 82.1. The van der Waals surface area contributed by atoms with Gasteiger partial charge in [-0.3, -0.25) is 0 Å². The first-order valence-electron chi connectivity index (χ1n) is 25.3. The summed E-state index contributed by atoms with van der Waals surface area (Å²) in [5.74, 6) is -1.12. The number of ether oxygens (including phenoxy) is 7. The van der Waals surface area contributed by atoms with Crippen LogP contribution < -0.4 is 33.2 Å². The second-order valence-corrected chi connectivity index (χ2v) is 19.3. The van der Waals surface area contributed by atoms with Crippen molar-refractivity contribution in [3.8, 4) is 73.6 Å². The number of esters is 7. The summed E-state index contributed by atoms with van der Waals surface area (Å²) < 4.78 is 36.9. The summed E-state index contributed by atoms with van der Waals surface area (Å²) in [6, 6.07) is 33.5. The van der Waals surface area contributed by atoms with Crippen LogP contribution in [-0.2, 0) is 33.6 Å². The zero-order valence-electron chi connectivity index (χ0n) is 48.1. The van der Waals surface area contributed by atoms with E-state index < -0.39 is 41.8 Å². The standard InChI is InChI=1S/C24H22O6.2C22H22O4/c1-14(2)22(25)28-19-10-7-17(8-11-19)18-9-12-20(29-23(26)15(3)4)21(13-18)30-24(27)16(5)6;1-13(2)21(23)25-19-9-7-17(8-10-19)18-11-15(5)20(16(6)12-18)26-22(24)14(3)4;1-13(2)21(23)25-18-9-7-17(8-10-18)20-15(5)11-19(12-16(20)6)26-22(24)14(3)4/h7-13H,1,3,5H2,2,4,6H3;2*7-12H,1,3H2,2,4-6H3. The van der Waals surface area contributed by atoms with Gasteiger partial charge in [0.2, 0.25) is 0 Å². The zero-order chi connectivity index (χ0) is 61.3. The minimum Gasteiger partial charge on any atom is -0.423 e. The number of carbonyl (C=O) groups excluding carboxylic acids is 7. The minimum atomic E-state index is -0.651. The van der Waals surface area contributed by atoms with E-state index in [1.54, 1.807) is 95.3 Å². The van der Waals surface area contributed by atoms with Crippen LogP contribution in [0.25, 0.3) is 33.4 Å².